The minimum Gasteiger partial charge on any atom is -0.321 e. The fraction of sp³-hybridized carbons (Fsp3) is 0.273. The lowest BCUT2D eigenvalue weighted by atomic mass is 10.0. The molecule has 0 aromatic heterocycles. The van der Waals surface area contributed by atoms with Crippen LogP contribution in [0.4, 0.5) is 4.39 Å². The molecule has 0 aliphatic heterocycles. The number of aryl methyl sites for hydroxylation is 1. The van der Waals surface area contributed by atoms with Gasteiger partial charge in [-0.1, -0.05) is 24.3 Å². The summed E-state index contributed by atoms with van der Waals surface area (Å²) < 4.78 is 12.9. The van der Waals surface area contributed by atoms with Crippen molar-refractivity contribution in [1.82, 2.24) is 0 Å². The van der Waals surface area contributed by atoms with Gasteiger partial charge in [-0.15, -0.1) is 0 Å². The van der Waals surface area contributed by atoms with E-state index in [9.17, 15) is 4.39 Å². The minimum absolute atomic E-state index is 0.195. The summed E-state index contributed by atoms with van der Waals surface area (Å²) in [5.74, 6) is -0.197. The van der Waals surface area contributed by atoms with Gasteiger partial charge in [0.2, 0.25) is 0 Å². The topological polar surface area (TPSA) is 26.0 Å². The Hall–Kier alpha value is -1.15. The summed E-state index contributed by atoms with van der Waals surface area (Å²) in [7, 11) is 0. The molecule has 0 amide bonds. The van der Waals surface area contributed by atoms with Crippen molar-refractivity contribution >= 4 is 0 Å². The lowest BCUT2D eigenvalue weighted by Gasteiger charge is -2.12. The number of nitrogens with two attached hydrogens (primary N) is 1. The van der Waals surface area contributed by atoms with Gasteiger partial charge in [0.15, 0.2) is 0 Å². The van der Waals surface area contributed by atoms with Crippen molar-refractivity contribution in [3.05, 3.63) is 47.3 Å². The number of halogens is 1. The standard InChI is InChI=1S/C11H14FN/c1-7(2)11(13)9-4-5-10(12)8(3)6-9/h4-6,11H,1,13H2,2-3H3. The van der Waals surface area contributed by atoms with Gasteiger partial charge in [-0.3, -0.25) is 0 Å². The third-order valence-electron chi connectivity index (χ3n) is 2.07. The van der Waals surface area contributed by atoms with E-state index in [0.29, 0.717) is 5.56 Å². The molecule has 2 N–H and O–H groups in total. The van der Waals surface area contributed by atoms with Crippen LogP contribution in [0.1, 0.15) is 24.1 Å². The van der Waals surface area contributed by atoms with E-state index in [1.165, 1.54) is 6.07 Å². The molecule has 1 rings (SSSR count). The summed E-state index contributed by atoms with van der Waals surface area (Å²) in [5.41, 5.74) is 8.24. The van der Waals surface area contributed by atoms with Crippen LogP contribution in [-0.2, 0) is 0 Å². The van der Waals surface area contributed by atoms with Crippen LogP contribution in [0.25, 0.3) is 0 Å². The smallest absolute Gasteiger partial charge is 0.126 e. The van der Waals surface area contributed by atoms with Crippen molar-refractivity contribution in [2.75, 3.05) is 0 Å². The molecule has 0 saturated carbocycles. The predicted molar refractivity (Wildman–Crippen MR) is 52.9 cm³/mol. The van der Waals surface area contributed by atoms with Crippen molar-refractivity contribution in [3.63, 3.8) is 0 Å². The molecular weight excluding hydrogens is 165 g/mol. The third-order valence-corrected chi connectivity index (χ3v) is 2.07. The Morgan fingerprint density at radius 3 is 2.62 bits per heavy atom. The molecule has 1 atom stereocenters. The van der Waals surface area contributed by atoms with Crippen molar-refractivity contribution in [3.8, 4) is 0 Å². The highest BCUT2D eigenvalue weighted by molar-refractivity contribution is 5.30. The van der Waals surface area contributed by atoms with E-state index in [1.807, 2.05) is 6.92 Å². The molecule has 0 aliphatic rings. The van der Waals surface area contributed by atoms with Crippen LogP contribution in [0.2, 0.25) is 0 Å². The second-order valence-corrected chi connectivity index (χ2v) is 3.33. The molecular formula is C11H14FN. The van der Waals surface area contributed by atoms with Crippen LogP contribution in [-0.4, -0.2) is 0 Å². The van der Waals surface area contributed by atoms with Gasteiger partial charge in [-0.2, -0.15) is 0 Å². The van der Waals surface area contributed by atoms with Crippen LogP contribution in [0.15, 0.2) is 30.4 Å². The highest BCUT2D eigenvalue weighted by Crippen LogP contribution is 2.19. The number of hydrogen-bond donors (Lipinski definition) is 1. The maximum Gasteiger partial charge on any atom is 0.126 e. The molecule has 0 heterocycles. The molecule has 1 aromatic rings. The molecule has 1 aromatic carbocycles. The maximum absolute atomic E-state index is 12.9. The van der Waals surface area contributed by atoms with E-state index in [2.05, 4.69) is 6.58 Å². The average molecular weight is 179 g/mol. The highest BCUT2D eigenvalue weighted by Gasteiger charge is 2.07. The Morgan fingerprint density at radius 1 is 1.54 bits per heavy atom. The molecule has 0 radical (unpaired) electrons. The minimum atomic E-state index is -0.197. The van der Waals surface area contributed by atoms with Gasteiger partial charge in [0.1, 0.15) is 5.82 Å². The molecule has 0 bridgehead atoms. The Labute approximate surface area is 78.1 Å². The second kappa shape index (κ2) is 3.71. The fourth-order valence-electron chi connectivity index (χ4n) is 1.15. The number of rotatable bonds is 2. The summed E-state index contributed by atoms with van der Waals surface area (Å²) in [5, 5.41) is 0. The van der Waals surface area contributed by atoms with Crippen molar-refractivity contribution in [2.24, 2.45) is 5.73 Å². The third kappa shape index (κ3) is 2.16. The van der Waals surface area contributed by atoms with Crippen LogP contribution in [0.3, 0.4) is 0 Å². The molecule has 70 valence electrons. The number of hydrogen-bond acceptors (Lipinski definition) is 1. The van der Waals surface area contributed by atoms with Crippen LogP contribution < -0.4 is 5.73 Å². The Bertz CT molecular complexity index is 331. The Kier molecular flexibility index (Phi) is 2.83. The number of benzene rings is 1. The summed E-state index contributed by atoms with van der Waals surface area (Å²) >= 11 is 0. The van der Waals surface area contributed by atoms with Crippen LogP contribution in [0.5, 0.6) is 0 Å². The zero-order valence-electron chi connectivity index (χ0n) is 7.97. The zero-order chi connectivity index (χ0) is 10.0. The molecule has 0 spiro atoms. The van der Waals surface area contributed by atoms with Crippen molar-refractivity contribution in [1.29, 1.82) is 0 Å². The first-order chi connectivity index (χ1) is 6.02. The van der Waals surface area contributed by atoms with Crippen molar-refractivity contribution in [2.45, 2.75) is 19.9 Å². The molecule has 13 heavy (non-hydrogen) atoms. The molecule has 0 saturated heterocycles. The monoisotopic (exact) mass is 179 g/mol. The molecule has 2 heteroatoms. The Balaban J connectivity index is 3.03. The van der Waals surface area contributed by atoms with E-state index < -0.39 is 0 Å². The predicted octanol–water partition coefficient (Wildman–Crippen LogP) is 2.71. The fourth-order valence-corrected chi connectivity index (χ4v) is 1.15. The quantitative estimate of drug-likeness (QED) is 0.694. The second-order valence-electron chi connectivity index (χ2n) is 3.33. The van der Waals surface area contributed by atoms with Gasteiger partial charge in [-0.05, 0) is 31.0 Å². The zero-order valence-corrected chi connectivity index (χ0v) is 7.97. The van der Waals surface area contributed by atoms with Gasteiger partial charge < -0.3 is 5.73 Å². The van der Waals surface area contributed by atoms with E-state index >= 15 is 0 Å². The maximum atomic E-state index is 12.9. The average Bonchev–Trinajstić information content (AvgIpc) is 2.08. The molecule has 0 fully saturated rings. The van der Waals surface area contributed by atoms with Gasteiger partial charge >= 0.3 is 0 Å². The molecule has 1 nitrogen and oxygen atoms in total. The SMILES string of the molecule is C=C(C)C(N)c1ccc(F)c(C)c1. The summed E-state index contributed by atoms with van der Waals surface area (Å²) in [6.45, 7) is 7.36. The first-order valence-electron chi connectivity index (χ1n) is 4.19. The van der Waals surface area contributed by atoms with Crippen LogP contribution in [0, 0.1) is 12.7 Å². The van der Waals surface area contributed by atoms with Gasteiger partial charge in [0.25, 0.3) is 0 Å². The van der Waals surface area contributed by atoms with Gasteiger partial charge in [-0.25, -0.2) is 4.39 Å². The lowest BCUT2D eigenvalue weighted by molar-refractivity contribution is 0.616. The largest absolute Gasteiger partial charge is 0.321 e. The molecule has 1 unspecified atom stereocenters. The van der Waals surface area contributed by atoms with Crippen LogP contribution >= 0.6 is 0 Å². The molecule has 0 aliphatic carbocycles. The first kappa shape index (κ1) is 9.93. The van der Waals surface area contributed by atoms with Crippen molar-refractivity contribution < 1.29 is 4.39 Å². The first-order valence-corrected chi connectivity index (χ1v) is 4.19. The van der Waals surface area contributed by atoms with E-state index in [0.717, 1.165) is 11.1 Å². The normalized spacial score (nSPS) is 12.6. The highest BCUT2D eigenvalue weighted by atomic mass is 19.1. The summed E-state index contributed by atoms with van der Waals surface area (Å²) in [6, 6.07) is 4.70. The van der Waals surface area contributed by atoms with E-state index in [4.69, 9.17) is 5.73 Å². The van der Waals surface area contributed by atoms with Gasteiger partial charge in [0, 0.05) is 0 Å². The van der Waals surface area contributed by atoms with Gasteiger partial charge in [0.05, 0.1) is 6.04 Å². The summed E-state index contributed by atoms with van der Waals surface area (Å²) in [6.07, 6.45) is 0. The van der Waals surface area contributed by atoms with E-state index in [1.54, 1.807) is 19.1 Å². The van der Waals surface area contributed by atoms with E-state index in [-0.39, 0.29) is 11.9 Å². The Morgan fingerprint density at radius 2 is 2.15 bits per heavy atom. The lowest BCUT2D eigenvalue weighted by Crippen LogP contribution is -2.11. The summed E-state index contributed by atoms with van der Waals surface area (Å²) in [4.78, 5) is 0.